The van der Waals surface area contributed by atoms with Crippen LogP contribution in [-0.2, 0) is 14.4 Å². The molecule has 46 heavy (non-hydrogen) atoms. The van der Waals surface area contributed by atoms with Crippen LogP contribution >= 0.6 is 11.6 Å². The minimum absolute atomic E-state index is 0.289. The number of carboxylic acids is 1. The summed E-state index contributed by atoms with van der Waals surface area (Å²) in [4.78, 5) is 64.2. The van der Waals surface area contributed by atoms with E-state index in [1.54, 1.807) is 37.3 Å². The van der Waals surface area contributed by atoms with Gasteiger partial charge in [-0.25, -0.2) is 15.0 Å². The predicted octanol–water partition coefficient (Wildman–Crippen LogP) is 1.81. The second-order valence-corrected chi connectivity index (χ2v) is 11.3. The molecule has 6 N–H and O–H groups in total. The maximum absolute atomic E-state index is 12.7. The molecule has 1 fully saturated rings. The van der Waals surface area contributed by atoms with E-state index in [9.17, 15) is 19.2 Å². The summed E-state index contributed by atoms with van der Waals surface area (Å²) in [5.74, 6) is -1.02. The van der Waals surface area contributed by atoms with Gasteiger partial charge in [-0.05, 0) is 62.7 Å². The van der Waals surface area contributed by atoms with Crippen molar-refractivity contribution < 1.29 is 24.3 Å². The highest BCUT2D eigenvalue weighted by molar-refractivity contribution is 6.33. The molecule has 1 aliphatic rings. The maximum Gasteiger partial charge on any atom is 0.322 e. The van der Waals surface area contributed by atoms with Crippen molar-refractivity contribution in [3.8, 4) is 17.1 Å². The van der Waals surface area contributed by atoms with Crippen LogP contribution in [0.3, 0.4) is 0 Å². The Hall–Kier alpha value is -5.08. The van der Waals surface area contributed by atoms with E-state index in [-0.39, 0.29) is 18.0 Å². The average Bonchev–Trinajstić information content (AvgIpc) is 3.41. The number of fused-ring (bicyclic) bond motifs is 1. The summed E-state index contributed by atoms with van der Waals surface area (Å²) in [5, 5.41) is 17.1. The van der Waals surface area contributed by atoms with E-state index in [4.69, 9.17) is 37.4 Å². The number of primary amides is 1. The predicted molar refractivity (Wildman–Crippen MR) is 172 cm³/mol. The quantitative estimate of drug-likeness (QED) is 0.160. The zero-order chi connectivity index (χ0) is 33.0. The van der Waals surface area contributed by atoms with Gasteiger partial charge in [-0.1, -0.05) is 30.7 Å². The van der Waals surface area contributed by atoms with Gasteiger partial charge in [0.15, 0.2) is 17.0 Å². The summed E-state index contributed by atoms with van der Waals surface area (Å²) >= 11 is 6.65. The minimum Gasteiger partial charge on any atom is -0.480 e. The van der Waals surface area contributed by atoms with Crippen LogP contribution < -0.4 is 26.6 Å². The van der Waals surface area contributed by atoms with Crippen LogP contribution in [0.4, 0.5) is 5.82 Å². The number of carbonyl (C=O) groups is 4. The number of amides is 3. The molecule has 0 unspecified atom stereocenters. The second kappa shape index (κ2) is 13.5. The first-order valence-electron chi connectivity index (χ1n) is 14.7. The van der Waals surface area contributed by atoms with Gasteiger partial charge >= 0.3 is 5.97 Å². The van der Waals surface area contributed by atoms with Gasteiger partial charge in [0.05, 0.1) is 11.6 Å². The van der Waals surface area contributed by atoms with Crippen LogP contribution in [0, 0.1) is 6.92 Å². The van der Waals surface area contributed by atoms with Crippen molar-refractivity contribution in [3.63, 3.8) is 0 Å². The van der Waals surface area contributed by atoms with E-state index in [1.165, 1.54) is 0 Å². The zero-order valence-electron chi connectivity index (χ0n) is 25.3. The van der Waals surface area contributed by atoms with E-state index in [2.05, 4.69) is 20.9 Å². The number of rotatable bonds is 11. The van der Waals surface area contributed by atoms with Crippen LogP contribution in [0.1, 0.15) is 35.9 Å². The first-order chi connectivity index (χ1) is 22.0. The van der Waals surface area contributed by atoms with Crippen LogP contribution in [0.5, 0.6) is 0 Å². The van der Waals surface area contributed by atoms with E-state index in [0.29, 0.717) is 77.4 Å². The number of nitrogens with two attached hydrogens (primary N) is 1. The van der Waals surface area contributed by atoms with Crippen molar-refractivity contribution in [1.82, 2.24) is 35.5 Å². The van der Waals surface area contributed by atoms with Crippen molar-refractivity contribution in [3.05, 3.63) is 64.9 Å². The number of benzene rings is 2. The standard InChI is InChI=1S/C31H34ClN9O5/c1-3-36-31(30(33)46)12-14-40(15-13-31)27-25-28(38-18(2)37-27)41(26(39-25)21-6-4-5-7-22(21)32)20-10-8-19(9-11-20)29(45)35-16-23(42)34-17-24(43)44/h4-11,36H,3,12-17H2,1-2H3,(H2,33,46)(H,34,42)(H,35,45)(H,43,44). The lowest BCUT2D eigenvalue weighted by molar-refractivity contribution is -0.137. The molecule has 3 heterocycles. The molecule has 15 heteroatoms. The molecule has 4 aromatic rings. The first-order valence-corrected chi connectivity index (χ1v) is 15.1. The molecule has 14 nitrogen and oxygen atoms in total. The van der Waals surface area contributed by atoms with E-state index >= 15 is 0 Å². The number of hydrogen-bond acceptors (Lipinski definition) is 9. The third-order valence-electron chi connectivity index (χ3n) is 7.85. The summed E-state index contributed by atoms with van der Waals surface area (Å²) in [6, 6.07) is 14.0. The maximum atomic E-state index is 12.7. The van der Waals surface area contributed by atoms with Crippen LogP contribution in [-0.4, -0.2) is 86.6 Å². The first kappa shape index (κ1) is 32.3. The molecule has 5 rings (SSSR count). The summed E-state index contributed by atoms with van der Waals surface area (Å²) in [5.41, 5.74) is 7.69. The number of aliphatic carboxylic acids is 1. The molecule has 0 atom stereocenters. The van der Waals surface area contributed by atoms with Gasteiger partial charge in [0.1, 0.15) is 23.7 Å². The molecule has 0 bridgehead atoms. The molecule has 1 saturated heterocycles. The number of nitrogens with one attached hydrogen (secondary N) is 3. The Bertz CT molecular complexity index is 1800. The highest BCUT2D eigenvalue weighted by Crippen LogP contribution is 2.36. The molecule has 0 spiro atoms. The summed E-state index contributed by atoms with van der Waals surface area (Å²) in [6.07, 6.45) is 1.01. The van der Waals surface area contributed by atoms with Crippen molar-refractivity contribution in [1.29, 1.82) is 0 Å². The number of halogens is 1. The lowest BCUT2D eigenvalue weighted by Crippen LogP contribution is -2.61. The van der Waals surface area contributed by atoms with Crippen LogP contribution in [0.15, 0.2) is 48.5 Å². The van der Waals surface area contributed by atoms with Gasteiger partial charge in [-0.3, -0.25) is 23.7 Å². The molecule has 240 valence electrons. The molecular weight excluding hydrogens is 614 g/mol. The van der Waals surface area contributed by atoms with Crippen molar-refractivity contribution >= 4 is 52.3 Å². The Labute approximate surface area is 269 Å². The number of piperidine rings is 1. The number of carbonyl (C=O) groups excluding carboxylic acids is 3. The van der Waals surface area contributed by atoms with Gasteiger partial charge in [-0.15, -0.1) is 0 Å². The molecule has 0 radical (unpaired) electrons. The Morgan fingerprint density at radius 2 is 1.67 bits per heavy atom. The van der Waals surface area contributed by atoms with Gasteiger partial charge in [0.2, 0.25) is 11.8 Å². The van der Waals surface area contributed by atoms with Crippen molar-refractivity contribution in [2.45, 2.75) is 32.2 Å². The number of aromatic nitrogens is 4. The van der Waals surface area contributed by atoms with Crippen molar-refractivity contribution in [2.75, 3.05) is 37.6 Å². The highest BCUT2D eigenvalue weighted by Gasteiger charge is 2.40. The topological polar surface area (TPSA) is 197 Å². The lowest BCUT2D eigenvalue weighted by atomic mass is 9.86. The molecular formula is C31H34ClN9O5. The van der Waals surface area contributed by atoms with E-state index in [0.717, 1.165) is 0 Å². The number of imidazole rings is 1. The summed E-state index contributed by atoms with van der Waals surface area (Å²) < 4.78 is 1.85. The Morgan fingerprint density at radius 3 is 2.30 bits per heavy atom. The summed E-state index contributed by atoms with van der Waals surface area (Å²) in [7, 11) is 0. The lowest BCUT2D eigenvalue weighted by Gasteiger charge is -2.40. The van der Waals surface area contributed by atoms with Gasteiger partial charge in [0.25, 0.3) is 5.91 Å². The Balaban J connectivity index is 1.51. The number of hydrogen-bond donors (Lipinski definition) is 5. The molecule has 2 aromatic heterocycles. The fourth-order valence-electron chi connectivity index (χ4n) is 5.55. The number of anilines is 1. The number of nitrogens with zero attached hydrogens (tertiary/aromatic N) is 5. The van der Waals surface area contributed by atoms with Crippen LogP contribution in [0.2, 0.25) is 5.02 Å². The highest BCUT2D eigenvalue weighted by atomic mass is 35.5. The number of aryl methyl sites for hydroxylation is 1. The number of likely N-dealkylation sites (N-methyl/N-ethyl adjacent to an activating group) is 1. The SMILES string of the molecule is CCNC1(C(N)=O)CCN(c2nc(C)nc3c2nc(-c2ccccc2Cl)n3-c2ccc(C(=O)NCC(=O)NCC(=O)O)cc2)CC1. The second-order valence-electron chi connectivity index (χ2n) is 10.9. The van der Waals surface area contributed by atoms with Crippen LogP contribution in [0.25, 0.3) is 28.2 Å². The largest absolute Gasteiger partial charge is 0.480 e. The smallest absolute Gasteiger partial charge is 0.322 e. The van der Waals surface area contributed by atoms with Gasteiger partial charge in [0, 0.05) is 29.9 Å². The minimum atomic E-state index is -1.18. The monoisotopic (exact) mass is 647 g/mol. The van der Waals surface area contributed by atoms with Crippen molar-refractivity contribution in [2.24, 2.45) is 5.73 Å². The molecule has 0 saturated carbocycles. The summed E-state index contributed by atoms with van der Waals surface area (Å²) in [6.45, 7) is 4.49. The van der Waals surface area contributed by atoms with Gasteiger partial charge in [-0.2, -0.15) is 0 Å². The average molecular weight is 648 g/mol. The van der Waals surface area contributed by atoms with Gasteiger partial charge < -0.3 is 31.7 Å². The fourth-order valence-corrected chi connectivity index (χ4v) is 5.77. The third-order valence-corrected chi connectivity index (χ3v) is 8.18. The molecule has 1 aliphatic heterocycles. The van der Waals surface area contributed by atoms with E-state index in [1.807, 2.05) is 29.7 Å². The zero-order valence-corrected chi connectivity index (χ0v) is 26.1. The third kappa shape index (κ3) is 6.62. The molecule has 0 aliphatic carbocycles. The normalized spacial score (nSPS) is 14.2. The number of carboxylic acid groups (broad SMARTS) is 1. The fraction of sp³-hybridized carbons (Fsp3) is 0.323. The van der Waals surface area contributed by atoms with E-state index < -0.39 is 29.9 Å². The molecule has 2 aromatic carbocycles. The Morgan fingerprint density at radius 1 is 0.978 bits per heavy atom. The molecule has 3 amide bonds. The Kier molecular flexibility index (Phi) is 9.49.